The molecular formula is C10H15O6PS2. The number of thioether (sulfide) groups is 1. The van der Waals surface area contributed by atoms with Crippen LogP contribution in [0.2, 0.25) is 0 Å². The van der Waals surface area contributed by atoms with Crippen molar-refractivity contribution in [2.45, 2.75) is 4.90 Å². The minimum Gasteiger partial charge on any atom is -0.382 e. The van der Waals surface area contributed by atoms with Crippen molar-refractivity contribution in [2.24, 2.45) is 0 Å². The number of rotatable bonds is 7. The van der Waals surface area contributed by atoms with E-state index in [-0.39, 0.29) is 5.75 Å². The fourth-order valence-corrected chi connectivity index (χ4v) is 4.74. The molecule has 1 aromatic carbocycles. The van der Waals surface area contributed by atoms with Gasteiger partial charge in [0.15, 0.2) is 5.49 Å². The summed E-state index contributed by atoms with van der Waals surface area (Å²) in [7, 11) is -5.49. The van der Waals surface area contributed by atoms with Crippen molar-refractivity contribution < 1.29 is 26.2 Å². The second kappa shape index (κ2) is 6.76. The summed E-state index contributed by atoms with van der Waals surface area (Å²) in [6.07, 6.45) is 1.90. The number of benzene rings is 1. The van der Waals surface area contributed by atoms with Gasteiger partial charge in [0, 0.05) is 19.1 Å². The van der Waals surface area contributed by atoms with Crippen LogP contribution >= 0.6 is 19.4 Å². The molecule has 0 atom stereocenters. The highest BCUT2D eigenvalue weighted by Crippen LogP contribution is 2.47. The van der Waals surface area contributed by atoms with Crippen molar-refractivity contribution in [1.29, 1.82) is 0 Å². The van der Waals surface area contributed by atoms with E-state index in [0.29, 0.717) is 0 Å². The first-order valence-electron chi connectivity index (χ1n) is 5.11. The van der Waals surface area contributed by atoms with E-state index >= 15 is 0 Å². The van der Waals surface area contributed by atoms with Gasteiger partial charge in [0.1, 0.15) is 5.75 Å². The predicted molar refractivity (Wildman–Crippen MR) is 74.3 cm³/mol. The molecule has 0 radical (unpaired) electrons. The summed E-state index contributed by atoms with van der Waals surface area (Å²) in [4.78, 5) is 0.976. The third-order valence-electron chi connectivity index (χ3n) is 2.16. The van der Waals surface area contributed by atoms with Crippen molar-refractivity contribution in [3.05, 3.63) is 24.3 Å². The summed E-state index contributed by atoms with van der Waals surface area (Å²) < 4.78 is 49.2. The zero-order chi connectivity index (χ0) is 14.5. The second-order valence-corrected chi connectivity index (χ2v) is 8.57. The third-order valence-corrected chi connectivity index (χ3v) is 6.99. The first kappa shape index (κ1) is 16.5. The van der Waals surface area contributed by atoms with E-state index in [1.165, 1.54) is 23.9 Å². The molecule has 0 amide bonds. The fraction of sp³-hybridized carbons (Fsp3) is 0.400. The molecule has 6 nitrogen and oxygen atoms in total. The maximum Gasteiger partial charge on any atom is 0.348 e. The normalized spacial score (nSPS) is 12.4. The molecular weight excluding hydrogens is 311 g/mol. The Bertz CT molecular complexity index is 546. The van der Waals surface area contributed by atoms with E-state index in [1.807, 2.05) is 6.26 Å². The van der Waals surface area contributed by atoms with Gasteiger partial charge < -0.3 is 13.2 Å². The second-order valence-electron chi connectivity index (χ2n) is 3.42. The number of hydrogen-bond donors (Lipinski definition) is 0. The maximum absolute atomic E-state index is 11.8. The summed E-state index contributed by atoms with van der Waals surface area (Å²) in [5.74, 6) is 0.150. The Morgan fingerprint density at radius 3 is 2.11 bits per heavy atom. The van der Waals surface area contributed by atoms with Gasteiger partial charge in [-0.05, 0) is 30.5 Å². The minimum absolute atomic E-state index is 0.150. The zero-order valence-electron chi connectivity index (χ0n) is 10.7. The largest absolute Gasteiger partial charge is 0.382 e. The van der Waals surface area contributed by atoms with Gasteiger partial charge in [0.05, 0.1) is 0 Å². The van der Waals surface area contributed by atoms with Crippen molar-refractivity contribution in [3.8, 4) is 5.75 Å². The van der Waals surface area contributed by atoms with Gasteiger partial charge in [0.2, 0.25) is 0 Å². The van der Waals surface area contributed by atoms with Gasteiger partial charge in [-0.3, -0.25) is 4.57 Å². The van der Waals surface area contributed by atoms with Gasteiger partial charge >= 0.3 is 17.7 Å². The average molecular weight is 326 g/mol. The molecule has 0 aliphatic heterocycles. The van der Waals surface area contributed by atoms with Crippen LogP contribution < -0.4 is 4.18 Å². The highest BCUT2D eigenvalue weighted by atomic mass is 32.2. The highest BCUT2D eigenvalue weighted by Gasteiger charge is 2.31. The molecule has 0 unspecified atom stereocenters. The van der Waals surface area contributed by atoms with Crippen LogP contribution in [-0.2, 0) is 23.7 Å². The van der Waals surface area contributed by atoms with E-state index in [0.717, 1.165) is 19.1 Å². The lowest BCUT2D eigenvalue weighted by Gasteiger charge is -2.14. The van der Waals surface area contributed by atoms with E-state index in [4.69, 9.17) is 4.18 Å². The van der Waals surface area contributed by atoms with Crippen LogP contribution in [0.1, 0.15) is 0 Å². The molecule has 9 heteroatoms. The minimum atomic E-state index is -4.06. The quantitative estimate of drug-likeness (QED) is 0.433. The fourth-order valence-electron chi connectivity index (χ4n) is 1.18. The lowest BCUT2D eigenvalue weighted by molar-refractivity contribution is 0.279. The third kappa shape index (κ3) is 5.16. The molecule has 0 aliphatic rings. The maximum atomic E-state index is 11.8. The van der Waals surface area contributed by atoms with E-state index in [9.17, 15) is 13.0 Å². The Morgan fingerprint density at radius 1 is 1.16 bits per heavy atom. The molecule has 108 valence electrons. The summed E-state index contributed by atoms with van der Waals surface area (Å²) in [6, 6.07) is 6.49. The van der Waals surface area contributed by atoms with Gasteiger partial charge in [-0.2, -0.15) is 8.42 Å². The topological polar surface area (TPSA) is 78.9 Å². The summed E-state index contributed by atoms with van der Waals surface area (Å²) >= 11 is 1.52. The van der Waals surface area contributed by atoms with Crippen molar-refractivity contribution in [2.75, 3.05) is 26.0 Å². The van der Waals surface area contributed by atoms with Crippen molar-refractivity contribution >= 4 is 29.5 Å². The smallest absolute Gasteiger partial charge is 0.348 e. The number of hydrogen-bond acceptors (Lipinski definition) is 7. The molecule has 1 rings (SSSR count). The molecule has 0 spiro atoms. The monoisotopic (exact) mass is 326 g/mol. The Labute approximate surface area is 117 Å². The van der Waals surface area contributed by atoms with Crippen LogP contribution in [-0.4, -0.2) is 34.4 Å². The molecule has 0 aliphatic carbocycles. The first-order chi connectivity index (χ1) is 8.84. The molecule has 0 fully saturated rings. The van der Waals surface area contributed by atoms with Crippen LogP contribution in [0.5, 0.6) is 5.75 Å². The molecule has 0 N–H and O–H groups in total. The van der Waals surface area contributed by atoms with E-state index < -0.39 is 23.2 Å². The van der Waals surface area contributed by atoms with Gasteiger partial charge in [0.25, 0.3) is 0 Å². The van der Waals surface area contributed by atoms with Crippen molar-refractivity contribution in [1.82, 2.24) is 0 Å². The van der Waals surface area contributed by atoms with Crippen molar-refractivity contribution in [3.63, 3.8) is 0 Å². The van der Waals surface area contributed by atoms with Gasteiger partial charge in [-0.1, -0.05) is 0 Å². The van der Waals surface area contributed by atoms with E-state index in [2.05, 4.69) is 9.05 Å². The lowest BCUT2D eigenvalue weighted by atomic mass is 10.3. The molecule has 0 heterocycles. The Hall–Kier alpha value is -0.530. The molecule has 1 aromatic rings. The molecule has 0 saturated carbocycles. The summed E-state index contributed by atoms with van der Waals surface area (Å²) in [5.41, 5.74) is -0.836. The Morgan fingerprint density at radius 2 is 1.68 bits per heavy atom. The average Bonchev–Trinajstić information content (AvgIpc) is 2.38. The van der Waals surface area contributed by atoms with Crippen LogP contribution in [0.15, 0.2) is 29.2 Å². The SMILES string of the molecule is COP(=O)(CS(=O)(=O)Oc1ccc(SC)cc1)OC. The van der Waals surface area contributed by atoms with Crippen LogP contribution in [0.25, 0.3) is 0 Å². The lowest BCUT2D eigenvalue weighted by Crippen LogP contribution is -2.15. The van der Waals surface area contributed by atoms with Crippen LogP contribution in [0, 0.1) is 0 Å². The Balaban J connectivity index is 2.81. The van der Waals surface area contributed by atoms with Crippen LogP contribution in [0.4, 0.5) is 0 Å². The molecule has 19 heavy (non-hydrogen) atoms. The molecule has 0 saturated heterocycles. The molecule has 0 bridgehead atoms. The highest BCUT2D eigenvalue weighted by molar-refractivity contribution is 7.98. The van der Waals surface area contributed by atoms with E-state index in [1.54, 1.807) is 12.1 Å². The Kier molecular flexibility index (Phi) is 5.88. The predicted octanol–water partition coefficient (Wildman–Crippen LogP) is 2.56. The standard InChI is InChI=1S/C10H15O6PS2/c1-14-17(11,15-2)8-19(12,13)16-9-4-6-10(18-3)7-5-9/h4-7H,8H2,1-3H3. The van der Waals surface area contributed by atoms with Gasteiger partial charge in [-0.25, -0.2) is 0 Å². The molecule has 0 aromatic heterocycles. The summed E-state index contributed by atoms with van der Waals surface area (Å²) in [6.45, 7) is 0. The first-order valence-corrected chi connectivity index (χ1v) is 9.64. The van der Waals surface area contributed by atoms with Crippen LogP contribution in [0.3, 0.4) is 0 Å². The summed E-state index contributed by atoms with van der Waals surface area (Å²) in [5, 5.41) is 0. The van der Waals surface area contributed by atoms with Gasteiger partial charge in [-0.15, -0.1) is 11.8 Å². The zero-order valence-corrected chi connectivity index (χ0v) is 13.3.